The van der Waals surface area contributed by atoms with Crippen LogP contribution in [0.25, 0.3) is 10.8 Å². The van der Waals surface area contributed by atoms with Gasteiger partial charge in [-0.25, -0.2) is 0 Å². The van der Waals surface area contributed by atoms with Crippen molar-refractivity contribution in [2.24, 2.45) is 11.8 Å². The number of carbonyl (C=O) groups excluding carboxylic acids is 1. The minimum absolute atomic E-state index is 0.272. The van der Waals surface area contributed by atoms with Gasteiger partial charge >= 0.3 is 12.1 Å². The zero-order chi connectivity index (χ0) is 20.5. The topological polar surface area (TPSA) is 69.6 Å². The van der Waals surface area contributed by atoms with Crippen molar-refractivity contribution >= 4 is 22.6 Å². The molecule has 1 aliphatic rings. The summed E-state index contributed by atoms with van der Waals surface area (Å²) in [6, 6.07) is 13.1. The van der Waals surface area contributed by atoms with E-state index in [1.807, 2.05) is 49.4 Å². The van der Waals surface area contributed by atoms with Crippen LogP contribution in [0.3, 0.4) is 0 Å². The van der Waals surface area contributed by atoms with Gasteiger partial charge in [0.1, 0.15) is 0 Å². The van der Waals surface area contributed by atoms with Crippen LogP contribution >= 0.6 is 0 Å². The Hall–Kier alpha value is -2.61. The standard InChI is InChI=1S/C20H21F3N2O3/c1-12(14-8-4-6-13-5-2-3-7-15(13)14)24-18(26)11-25-9-16(19(27)28)17(10-25)20(21,22)23/h2-8,12,16-17H,9-11H2,1H3,(H,24,26)(H,27,28)/t12?,16-,17-/m1/s1. The van der Waals surface area contributed by atoms with Gasteiger partial charge < -0.3 is 10.4 Å². The molecule has 5 nitrogen and oxygen atoms in total. The number of likely N-dealkylation sites (tertiary alicyclic amines) is 1. The van der Waals surface area contributed by atoms with E-state index in [9.17, 15) is 22.8 Å². The van der Waals surface area contributed by atoms with Crippen molar-refractivity contribution in [1.82, 2.24) is 10.2 Å². The second-order valence-electron chi connectivity index (χ2n) is 7.14. The van der Waals surface area contributed by atoms with Gasteiger partial charge in [0, 0.05) is 13.1 Å². The number of benzene rings is 2. The third-order valence-electron chi connectivity index (χ3n) is 5.17. The molecule has 1 saturated heterocycles. The summed E-state index contributed by atoms with van der Waals surface area (Å²) in [5.74, 6) is -5.45. The Balaban J connectivity index is 1.66. The normalized spacial score (nSPS) is 21.6. The highest BCUT2D eigenvalue weighted by Gasteiger charge is 2.52. The number of halogens is 3. The largest absolute Gasteiger partial charge is 0.481 e. The summed E-state index contributed by atoms with van der Waals surface area (Å²) in [5, 5.41) is 13.9. The monoisotopic (exact) mass is 394 g/mol. The lowest BCUT2D eigenvalue weighted by Crippen LogP contribution is -2.38. The van der Waals surface area contributed by atoms with E-state index in [1.165, 1.54) is 4.90 Å². The maximum absolute atomic E-state index is 13.1. The lowest BCUT2D eigenvalue weighted by molar-refractivity contribution is -0.188. The minimum Gasteiger partial charge on any atom is -0.481 e. The van der Waals surface area contributed by atoms with Crippen LogP contribution in [-0.4, -0.2) is 47.7 Å². The number of nitrogens with one attached hydrogen (secondary N) is 1. The molecular formula is C20H21F3N2O3. The van der Waals surface area contributed by atoms with Crippen LogP contribution in [0.2, 0.25) is 0 Å². The van der Waals surface area contributed by atoms with E-state index < -0.39 is 36.4 Å². The number of amides is 1. The van der Waals surface area contributed by atoms with Gasteiger partial charge in [-0.2, -0.15) is 13.2 Å². The Morgan fingerprint density at radius 2 is 1.86 bits per heavy atom. The number of alkyl halides is 3. The molecule has 3 atom stereocenters. The number of carbonyl (C=O) groups is 2. The maximum Gasteiger partial charge on any atom is 0.393 e. The fourth-order valence-corrected chi connectivity index (χ4v) is 3.79. The summed E-state index contributed by atoms with van der Waals surface area (Å²) >= 11 is 0. The van der Waals surface area contributed by atoms with E-state index in [0.29, 0.717) is 0 Å². The minimum atomic E-state index is -4.61. The van der Waals surface area contributed by atoms with Crippen molar-refractivity contribution in [1.29, 1.82) is 0 Å². The molecule has 0 saturated carbocycles. The van der Waals surface area contributed by atoms with Crippen LogP contribution in [0.1, 0.15) is 18.5 Å². The number of aliphatic carboxylic acids is 1. The van der Waals surface area contributed by atoms with Gasteiger partial charge in [0.05, 0.1) is 24.4 Å². The number of carboxylic acid groups (broad SMARTS) is 1. The molecule has 1 amide bonds. The molecule has 28 heavy (non-hydrogen) atoms. The molecule has 0 radical (unpaired) electrons. The number of fused-ring (bicyclic) bond motifs is 1. The van der Waals surface area contributed by atoms with Gasteiger partial charge in [0.15, 0.2) is 0 Å². The fourth-order valence-electron chi connectivity index (χ4n) is 3.79. The molecule has 3 rings (SSSR count). The van der Waals surface area contributed by atoms with Gasteiger partial charge in [-0.3, -0.25) is 14.5 Å². The summed E-state index contributed by atoms with van der Waals surface area (Å²) < 4.78 is 39.2. The van der Waals surface area contributed by atoms with E-state index in [2.05, 4.69) is 5.32 Å². The van der Waals surface area contributed by atoms with Crippen LogP contribution < -0.4 is 5.32 Å². The fraction of sp³-hybridized carbons (Fsp3) is 0.400. The highest BCUT2D eigenvalue weighted by molar-refractivity contribution is 5.87. The van der Waals surface area contributed by atoms with Crippen LogP contribution in [-0.2, 0) is 9.59 Å². The van der Waals surface area contributed by atoms with Gasteiger partial charge in [-0.05, 0) is 23.3 Å². The van der Waals surface area contributed by atoms with E-state index in [1.54, 1.807) is 0 Å². The molecule has 2 N–H and O–H groups in total. The molecule has 0 aliphatic carbocycles. The molecule has 0 spiro atoms. The number of carboxylic acids is 1. The molecule has 0 bridgehead atoms. The maximum atomic E-state index is 13.1. The predicted octanol–water partition coefficient (Wildman–Crippen LogP) is 3.21. The molecule has 1 fully saturated rings. The van der Waals surface area contributed by atoms with Crippen molar-refractivity contribution in [2.75, 3.05) is 19.6 Å². The Morgan fingerprint density at radius 3 is 2.50 bits per heavy atom. The molecule has 8 heteroatoms. The quantitative estimate of drug-likeness (QED) is 0.817. The lowest BCUT2D eigenvalue weighted by atomic mass is 9.96. The highest BCUT2D eigenvalue weighted by atomic mass is 19.4. The van der Waals surface area contributed by atoms with Crippen molar-refractivity contribution in [3.8, 4) is 0 Å². The van der Waals surface area contributed by atoms with Gasteiger partial charge in [0.25, 0.3) is 0 Å². The smallest absolute Gasteiger partial charge is 0.393 e. The summed E-state index contributed by atoms with van der Waals surface area (Å²) in [4.78, 5) is 24.8. The molecule has 150 valence electrons. The Labute approximate surface area is 160 Å². The zero-order valence-corrected chi connectivity index (χ0v) is 15.2. The van der Waals surface area contributed by atoms with Crippen LogP contribution in [0, 0.1) is 11.8 Å². The van der Waals surface area contributed by atoms with E-state index in [0.717, 1.165) is 16.3 Å². The average Bonchev–Trinajstić information content (AvgIpc) is 3.05. The van der Waals surface area contributed by atoms with E-state index in [4.69, 9.17) is 5.11 Å². The summed E-state index contributed by atoms with van der Waals surface area (Å²) in [5.41, 5.74) is 0.907. The highest BCUT2D eigenvalue weighted by Crippen LogP contribution is 2.37. The average molecular weight is 394 g/mol. The molecular weight excluding hydrogens is 373 g/mol. The first kappa shape index (κ1) is 20.1. The number of nitrogens with zero attached hydrogens (tertiary/aromatic N) is 1. The Bertz CT molecular complexity index is 879. The van der Waals surface area contributed by atoms with Gasteiger partial charge in [-0.15, -0.1) is 0 Å². The molecule has 2 aromatic carbocycles. The van der Waals surface area contributed by atoms with Crippen molar-refractivity contribution in [3.63, 3.8) is 0 Å². The third-order valence-corrected chi connectivity index (χ3v) is 5.17. The van der Waals surface area contributed by atoms with Crippen molar-refractivity contribution in [3.05, 3.63) is 48.0 Å². The second-order valence-corrected chi connectivity index (χ2v) is 7.14. The SMILES string of the molecule is CC(NC(=O)CN1C[C@@H](C(F)(F)F)[C@H](C(=O)O)C1)c1cccc2ccccc12. The number of hydrogen-bond donors (Lipinski definition) is 2. The first-order valence-electron chi connectivity index (χ1n) is 8.95. The van der Waals surface area contributed by atoms with Gasteiger partial charge in [0.2, 0.25) is 5.91 Å². The van der Waals surface area contributed by atoms with Crippen molar-refractivity contribution in [2.45, 2.75) is 19.1 Å². The predicted molar refractivity (Wildman–Crippen MR) is 97.6 cm³/mol. The zero-order valence-electron chi connectivity index (χ0n) is 15.2. The molecule has 1 heterocycles. The first-order chi connectivity index (χ1) is 13.2. The Kier molecular flexibility index (Phi) is 5.60. The van der Waals surface area contributed by atoms with Crippen LogP contribution in [0.15, 0.2) is 42.5 Å². The second kappa shape index (κ2) is 7.79. The number of rotatable bonds is 5. The third kappa shape index (κ3) is 4.27. The summed E-state index contributed by atoms with van der Waals surface area (Å²) in [7, 11) is 0. The van der Waals surface area contributed by atoms with Crippen LogP contribution in [0.5, 0.6) is 0 Å². The summed E-state index contributed by atoms with van der Waals surface area (Å²) in [6.07, 6.45) is -4.61. The lowest BCUT2D eigenvalue weighted by Gasteiger charge is -2.20. The molecule has 2 aromatic rings. The van der Waals surface area contributed by atoms with Crippen LogP contribution in [0.4, 0.5) is 13.2 Å². The van der Waals surface area contributed by atoms with E-state index >= 15 is 0 Å². The number of hydrogen-bond acceptors (Lipinski definition) is 3. The first-order valence-corrected chi connectivity index (χ1v) is 8.95. The summed E-state index contributed by atoms with van der Waals surface area (Å²) in [6.45, 7) is 0.750. The molecule has 0 aromatic heterocycles. The van der Waals surface area contributed by atoms with Gasteiger partial charge in [-0.1, -0.05) is 42.5 Å². The molecule has 1 unspecified atom stereocenters. The molecule has 1 aliphatic heterocycles. The van der Waals surface area contributed by atoms with Crippen molar-refractivity contribution < 1.29 is 27.9 Å². The van der Waals surface area contributed by atoms with E-state index in [-0.39, 0.29) is 19.1 Å². The Morgan fingerprint density at radius 1 is 1.18 bits per heavy atom.